The summed E-state index contributed by atoms with van der Waals surface area (Å²) in [5.41, 5.74) is 4.95. The van der Waals surface area contributed by atoms with E-state index in [0.29, 0.717) is 24.1 Å². The van der Waals surface area contributed by atoms with Gasteiger partial charge in [0, 0.05) is 12.2 Å². The fraction of sp³-hybridized carbons (Fsp3) is 0.727. The number of ether oxygens (including phenoxy) is 1. The highest BCUT2D eigenvalue weighted by Gasteiger charge is 2.32. The van der Waals surface area contributed by atoms with E-state index >= 15 is 0 Å². The highest BCUT2D eigenvalue weighted by Crippen LogP contribution is 2.27. The molecule has 6 nitrogen and oxygen atoms in total. The summed E-state index contributed by atoms with van der Waals surface area (Å²) >= 11 is 1.40. The fourth-order valence-corrected chi connectivity index (χ4v) is 2.55. The van der Waals surface area contributed by atoms with Gasteiger partial charge in [-0.1, -0.05) is 18.7 Å². The van der Waals surface area contributed by atoms with E-state index < -0.39 is 5.54 Å². The Kier molecular flexibility index (Phi) is 5.15. The van der Waals surface area contributed by atoms with E-state index in [1.807, 2.05) is 6.92 Å². The molecule has 0 aliphatic heterocycles. The molecule has 0 saturated heterocycles. The van der Waals surface area contributed by atoms with Crippen LogP contribution < -0.4 is 5.73 Å². The molecule has 0 amide bonds. The van der Waals surface area contributed by atoms with Crippen molar-refractivity contribution in [3.8, 4) is 0 Å². The SMILES string of the molecule is CCOC(=O)C(C)(N)CC(C)Sc1nnc(C)o1. The van der Waals surface area contributed by atoms with E-state index in [1.54, 1.807) is 20.8 Å². The second-order valence-electron chi connectivity index (χ2n) is 4.36. The molecule has 102 valence electrons. The molecule has 2 unspecified atom stereocenters. The summed E-state index contributed by atoms with van der Waals surface area (Å²) in [6.45, 7) is 7.44. The summed E-state index contributed by atoms with van der Waals surface area (Å²) in [5.74, 6) is 0.129. The van der Waals surface area contributed by atoms with E-state index in [9.17, 15) is 4.79 Å². The summed E-state index contributed by atoms with van der Waals surface area (Å²) in [6, 6.07) is 0. The van der Waals surface area contributed by atoms with Crippen molar-refractivity contribution in [2.45, 2.75) is 50.1 Å². The van der Waals surface area contributed by atoms with Crippen molar-refractivity contribution < 1.29 is 13.9 Å². The molecule has 1 aromatic rings. The van der Waals surface area contributed by atoms with Crippen molar-refractivity contribution >= 4 is 17.7 Å². The van der Waals surface area contributed by atoms with Crippen LogP contribution in [-0.2, 0) is 9.53 Å². The van der Waals surface area contributed by atoms with Crippen LogP contribution in [0.1, 0.15) is 33.1 Å². The molecule has 2 atom stereocenters. The van der Waals surface area contributed by atoms with Gasteiger partial charge in [-0.25, -0.2) is 0 Å². The monoisotopic (exact) mass is 273 g/mol. The fourth-order valence-electron chi connectivity index (χ4n) is 1.52. The van der Waals surface area contributed by atoms with Gasteiger partial charge in [-0.15, -0.1) is 10.2 Å². The maximum Gasteiger partial charge on any atom is 0.325 e. The molecule has 7 heteroatoms. The van der Waals surface area contributed by atoms with Crippen molar-refractivity contribution in [1.29, 1.82) is 0 Å². The molecule has 0 aliphatic rings. The number of nitrogens with zero attached hydrogens (tertiary/aromatic N) is 2. The Hall–Kier alpha value is -1.08. The largest absolute Gasteiger partial charge is 0.465 e. The summed E-state index contributed by atoms with van der Waals surface area (Å²) in [6.07, 6.45) is 0.470. The molecule has 1 aromatic heterocycles. The lowest BCUT2D eigenvalue weighted by atomic mass is 9.98. The molecule has 0 fully saturated rings. The van der Waals surface area contributed by atoms with Crippen LogP contribution in [0.25, 0.3) is 0 Å². The summed E-state index contributed by atoms with van der Waals surface area (Å²) < 4.78 is 10.2. The summed E-state index contributed by atoms with van der Waals surface area (Å²) in [4.78, 5) is 11.6. The number of hydrogen-bond acceptors (Lipinski definition) is 7. The van der Waals surface area contributed by atoms with Gasteiger partial charge in [-0.2, -0.15) is 0 Å². The van der Waals surface area contributed by atoms with E-state index in [2.05, 4.69) is 10.2 Å². The van der Waals surface area contributed by atoms with Crippen molar-refractivity contribution in [3.63, 3.8) is 0 Å². The number of aromatic nitrogens is 2. The second-order valence-corrected chi connectivity index (χ2v) is 5.75. The van der Waals surface area contributed by atoms with Gasteiger partial charge in [-0.05, 0) is 20.3 Å². The molecular weight excluding hydrogens is 254 g/mol. The molecule has 0 bridgehead atoms. The first-order valence-electron chi connectivity index (χ1n) is 5.78. The zero-order valence-corrected chi connectivity index (χ0v) is 11.9. The van der Waals surface area contributed by atoms with Crippen LogP contribution in [0.4, 0.5) is 0 Å². The van der Waals surface area contributed by atoms with Gasteiger partial charge in [0.15, 0.2) is 0 Å². The highest BCUT2D eigenvalue weighted by atomic mass is 32.2. The summed E-state index contributed by atoms with van der Waals surface area (Å²) in [7, 11) is 0. The van der Waals surface area contributed by atoms with Gasteiger partial charge in [-0.3, -0.25) is 4.79 Å². The zero-order chi connectivity index (χ0) is 13.8. The standard InChI is InChI=1S/C11H19N3O3S/c1-5-16-9(15)11(4,12)6-7(2)18-10-14-13-8(3)17-10/h7H,5-6,12H2,1-4H3. The molecular formula is C11H19N3O3S. The van der Waals surface area contributed by atoms with Crippen LogP contribution in [0, 0.1) is 6.92 Å². The Balaban J connectivity index is 2.53. The topological polar surface area (TPSA) is 91.2 Å². The minimum Gasteiger partial charge on any atom is -0.465 e. The quantitative estimate of drug-likeness (QED) is 0.620. The predicted octanol–water partition coefficient (Wildman–Crippen LogP) is 1.53. The third-order valence-electron chi connectivity index (χ3n) is 2.26. The molecule has 1 heterocycles. The smallest absolute Gasteiger partial charge is 0.325 e. The van der Waals surface area contributed by atoms with Crippen LogP contribution in [0.15, 0.2) is 9.64 Å². The van der Waals surface area contributed by atoms with Gasteiger partial charge >= 0.3 is 5.97 Å². The number of nitrogens with two attached hydrogens (primary N) is 1. The van der Waals surface area contributed by atoms with Crippen LogP contribution in [0.3, 0.4) is 0 Å². The lowest BCUT2D eigenvalue weighted by Gasteiger charge is -2.24. The van der Waals surface area contributed by atoms with E-state index in [1.165, 1.54) is 11.8 Å². The maximum absolute atomic E-state index is 11.6. The average Bonchev–Trinajstić information content (AvgIpc) is 2.63. The van der Waals surface area contributed by atoms with Crippen molar-refractivity contribution in [3.05, 3.63) is 5.89 Å². The number of thioether (sulfide) groups is 1. The van der Waals surface area contributed by atoms with Crippen molar-refractivity contribution in [1.82, 2.24) is 10.2 Å². The van der Waals surface area contributed by atoms with Gasteiger partial charge in [0.05, 0.1) is 6.61 Å². The van der Waals surface area contributed by atoms with Crippen molar-refractivity contribution in [2.75, 3.05) is 6.61 Å². The normalized spacial score (nSPS) is 16.1. The Morgan fingerprint density at radius 3 is 2.78 bits per heavy atom. The molecule has 0 aliphatic carbocycles. The molecule has 2 N–H and O–H groups in total. The number of aryl methyl sites for hydroxylation is 1. The second kappa shape index (κ2) is 6.19. The first-order chi connectivity index (χ1) is 8.35. The highest BCUT2D eigenvalue weighted by molar-refractivity contribution is 7.99. The number of carbonyl (C=O) groups is 1. The molecule has 0 saturated carbocycles. The molecule has 0 spiro atoms. The first-order valence-corrected chi connectivity index (χ1v) is 6.66. The number of rotatable bonds is 6. The number of hydrogen-bond donors (Lipinski definition) is 1. The van der Waals surface area contributed by atoms with Gasteiger partial charge in [0.25, 0.3) is 5.22 Å². The van der Waals surface area contributed by atoms with Crippen LogP contribution in [0.5, 0.6) is 0 Å². The number of carbonyl (C=O) groups excluding carboxylic acids is 1. The molecule has 1 rings (SSSR count). The Bertz CT molecular complexity index is 406. The van der Waals surface area contributed by atoms with Gasteiger partial charge < -0.3 is 14.9 Å². The molecule has 0 aromatic carbocycles. The molecule has 18 heavy (non-hydrogen) atoms. The third kappa shape index (κ3) is 4.30. The minimum absolute atomic E-state index is 0.0734. The predicted molar refractivity (Wildman–Crippen MR) is 68.2 cm³/mol. The minimum atomic E-state index is -1.00. The van der Waals surface area contributed by atoms with Crippen LogP contribution >= 0.6 is 11.8 Å². The van der Waals surface area contributed by atoms with E-state index in [-0.39, 0.29) is 11.2 Å². The van der Waals surface area contributed by atoms with Gasteiger partial charge in [0.2, 0.25) is 5.89 Å². The first kappa shape index (κ1) is 15.0. The lowest BCUT2D eigenvalue weighted by Crippen LogP contribution is -2.47. The zero-order valence-electron chi connectivity index (χ0n) is 11.1. The van der Waals surface area contributed by atoms with Crippen LogP contribution in [0.2, 0.25) is 0 Å². The van der Waals surface area contributed by atoms with E-state index in [4.69, 9.17) is 14.9 Å². The van der Waals surface area contributed by atoms with E-state index in [0.717, 1.165) is 0 Å². The maximum atomic E-state index is 11.6. The Morgan fingerprint density at radius 1 is 1.61 bits per heavy atom. The molecule has 0 radical (unpaired) electrons. The Labute approximate surface area is 111 Å². The van der Waals surface area contributed by atoms with Gasteiger partial charge in [0.1, 0.15) is 5.54 Å². The van der Waals surface area contributed by atoms with Crippen LogP contribution in [-0.4, -0.2) is 33.6 Å². The summed E-state index contributed by atoms with van der Waals surface area (Å²) in [5, 5.41) is 8.19. The third-order valence-corrected chi connectivity index (χ3v) is 3.20. The van der Waals surface area contributed by atoms with Crippen molar-refractivity contribution in [2.24, 2.45) is 5.73 Å². The average molecular weight is 273 g/mol. The Morgan fingerprint density at radius 2 is 2.28 bits per heavy atom. The lowest BCUT2D eigenvalue weighted by molar-refractivity contribution is -0.149. The number of esters is 1.